The first-order valence-corrected chi connectivity index (χ1v) is 15.9. The summed E-state index contributed by atoms with van der Waals surface area (Å²) >= 11 is 0. The second-order valence-corrected chi connectivity index (χ2v) is 13.3. The van der Waals surface area contributed by atoms with Crippen LogP contribution in [0.15, 0.2) is 115 Å². The Morgan fingerprint density at radius 2 is 1.16 bits per heavy atom. The highest BCUT2D eigenvalue weighted by Gasteiger charge is 2.24. The molecule has 0 radical (unpaired) electrons. The smallest absolute Gasteiger partial charge is 0.0468 e. The first-order chi connectivity index (χ1) is 21.2. The second-order valence-electron chi connectivity index (χ2n) is 13.3. The Kier molecular flexibility index (Phi) is 6.93. The molecule has 7 rings (SSSR count). The molecule has 44 heavy (non-hydrogen) atoms. The molecule has 0 saturated carbocycles. The number of nitrogens with zero attached hydrogens (tertiary/aromatic N) is 1. The fourth-order valence-corrected chi connectivity index (χ4v) is 6.78. The van der Waals surface area contributed by atoms with Crippen LogP contribution >= 0.6 is 0 Å². The van der Waals surface area contributed by atoms with Crippen molar-refractivity contribution in [3.63, 3.8) is 0 Å². The molecule has 0 aromatic heterocycles. The van der Waals surface area contributed by atoms with Crippen molar-refractivity contribution >= 4 is 27.8 Å². The predicted molar refractivity (Wildman–Crippen MR) is 189 cm³/mol. The summed E-state index contributed by atoms with van der Waals surface area (Å²) in [5.74, 6) is 0. The fraction of sp³-hybridized carbons (Fsp3) is 0.209. The third kappa shape index (κ3) is 4.91. The topological polar surface area (TPSA) is 3.24 Å². The van der Waals surface area contributed by atoms with Crippen LogP contribution in [0.2, 0.25) is 0 Å². The van der Waals surface area contributed by atoms with E-state index in [0.29, 0.717) is 0 Å². The maximum atomic E-state index is 2.38. The average Bonchev–Trinajstić information content (AvgIpc) is 3.00. The van der Waals surface area contributed by atoms with E-state index in [2.05, 4.69) is 162 Å². The molecule has 0 unspecified atom stereocenters. The van der Waals surface area contributed by atoms with E-state index < -0.39 is 0 Å². The van der Waals surface area contributed by atoms with Gasteiger partial charge in [-0.2, -0.15) is 0 Å². The van der Waals surface area contributed by atoms with Gasteiger partial charge in [-0.15, -0.1) is 0 Å². The van der Waals surface area contributed by atoms with Crippen molar-refractivity contribution < 1.29 is 0 Å². The lowest BCUT2D eigenvalue weighted by Crippen LogP contribution is -2.19. The zero-order valence-corrected chi connectivity index (χ0v) is 26.8. The highest BCUT2D eigenvalue weighted by Crippen LogP contribution is 2.40. The molecular formula is C43H41N. The zero-order chi connectivity index (χ0) is 30.6. The lowest BCUT2D eigenvalue weighted by molar-refractivity contribution is 0.639. The van der Waals surface area contributed by atoms with Crippen molar-refractivity contribution in [2.45, 2.75) is 59.8 Å². The summed E-state index contributed by atoms with van der Waals surface area (Å²) in [7, 11) is 0. The fourth-order valence-electron chi connectivity index (χ4n) is 6.78. The van der Waals surface area contributed by atoms with Crippen molar-refractivity contribution in [2.75, 3.05) is 4.90 Å². The summed E-state index contributed by atoms with van der Waals surface area (Å²) in [6.07, 6.45) is 2.40. The average molecular weight is 572 g/mol. The third-order valence-corrected chi connectivity index (χ3v) is 10.0. The van der Waals surface area contributed by atoms with E-state index in [-0.39, 0.29) is 5.41 Å². The van der Waals surface area contributed by atoms with E-state index in [1.54, 1.807) is 0 Å². The van der Waals surface area contributed by atoms with E-state index in [1.165, 1.54) is 90.6 Å². The van der Waals surface area contributed by atoms with Crippen LogP contribution in [0.1, 0.15) is 58.4 Å². The molecule has 0 bridgehead atoms. The molecule has 1 nitrogen and oxygen atoms in total. The highest BCUT2D eigenvalue weighted by molar-refractivity contribution is 5.93. The summed E-state index contributed by atoms with van der Waals surface area (Å²) in [5.41, 5.74) is 16.9. The highest BCUT2D eigenvalue weighted by atomic mass is 15.1. The summed E-state index contributed by atoms with van der Waals surface area (Å²) in [5, 5.41) is 2.71. The normalized spacial score (nSPS) is 12.6. The number of aryl methyl sites for hydroxylation is 6. The minimum Gasteiger partial charge on any atom is -0.310 e. The van der Waals surface area contributed by atoms with Crippen LogP contribution in [0.5, 0.6) is 0 Å². The van der Waals surface area contributed by atoms with E-state index in [9.17, 15) is 0 Å². The molecule has 0 saturated heterocycles. The Labute approximate surface area is 262 Å². The van der Waals surface area contributed by atoms with Crippen LogP contribution in [0.25, 0.3) is 21.9 Å². The quantitative estimate of drug-likeness (QED) is 0.192. The Hall–Kier alpha value is -4.62. The van der Waals surface area contributed by atoms with Gasteiger partial charge in [0, 0.05) is 22.5 Å². The monoisotopic (exact) mass is 571 g/mol. The van der Waals surface area contributed by atoms with Crippen molar-refractivity contribution in [3.8, 4) is 11.1 Å². The van der Waals surface area contributed by atoms with Gasteiger partial charge in [-0.3, -0.25) is 0 Å². The number of fused-ring (bicyclic) bond motifs is 3. The van der Waals surface area contributed by atoms with Gasteiger partial charge in [0.1, 0.15) is 0 Å². The van der Waals surface area contributed by atoms with Crippen molar-refractivity contribution in [1.82, 2.24) is 0 Å². The molecule has 6 aromatic carbocycles. The zero-order valence-electron chi connectivity index (χ0n) is 26.8. The van der Waals surface area contributed by atoms with Crippen LogP contribution in [0.3, 0.4) is 0 Å². The van der Waals surface area contributed by atoms with Gasteiger partial charge in [-0.1, -0.05) is 98.3 Å². The molecule has 0 spiro atoms. The minimum atomic E-state index is -0.0685. The Balaban J connectivity index is 1.23. The number of benzene rings is 6. The van der Waals surface area contributed by atoms with Gasteiger partial charge in [-0.05, 0) is 138 Å². The van der Waals surface area contributed by atoms with Crippen LogP contribution in [-0.2, 0) is 18.3 Å². The van der Waals surface area contributed by atoms with Crippen LogP contribution in [-0.4, -0.2) is 0 Å². The Morgan fingerprint density at radius 3 is 1.80 bits per heavy atom. The molecule has 0 heterocycles. The van der Waals surface area contributed by atoms with Crippen LogP contribution in [0.4, 0.5) is 17.1 Å². The van der Waals surface area contributed by atoms with Gasteiger partial charge in [0.15, 0.2) is 0 Å². The second kappa shape index (κ2) is 10.8. The molecule has 0 fully saturated rings. The molecule has 6 aromatic rings. The minimum absolute atomic E-state index is 0.0685. The Morgan fingerprint density at radius 1 is 0.523 bits per heavy atom. The molecule has 0 atom stereocenters. The summed E-state index contributed by atoms with van der Waals surface area (Å²) in [4.78, 5) is 2.38. The first-order valence-electron chi connectivity index (χ1n) is 15.9. The lowest BCUT2D eigenvalue weighted by atomic mass is 9.76. The van der Waals surface area contributed by atoms with E-state index >= 15 is 0 Å². The van der Waals surface area contributed by atoms with Gasteiger partial charge in [0.25, 0.3) is 0 Å². The Bertz CT molecular complexity index is 2010. The van der Waals surface area contributed by atoms with Crippen LogP contribution < -0.4 is 4.90 Å². The largest absolute Gasteiger partial charge is 0.310 e. The predicted octanol–water partition coefficient (Wildman–Crippen LogP) is 11.6. The maximum Gasteiger partial charge on any atom is 0.0468 e. The molecule has 1 aliphatic rings. The van der Waals surface area contributed by atoms with Crippen molar-refractivity contribution in [3.05, 3.63) is 160 Å². The number of hydrogen-bond acceptors (Lipinski definition) is 1. The SMILES string of the molecule is Cc1ccc(N(c2ccc(-c3ccc(C(C)(C)c4ccc(C)c(C)c4)cc3C)cc2)c2ccc3c4c(ccc3c2)CC4)cc1. The maximum absolute atomic E-state index is 2.38. The molecule has 1 aliphatic carbocycles. The van der Waals surface area contributed by atoms with Crippen molar-refractivity contribution in [1.29, 1.82) is 0 Å². The molecular weight excluding hydrogens is 530 g/mol. The first kappa shape index (κ1) is 28.2. The molecule has 218 valence electrons. The number of rotatable bonds is 6. The van der Waals surface area contributed by atoms with E-state index in [1.807, 2.05) is 0 Å². The lowest BCUT2D eigenvalue weighted by Gasteiger charge is -2.28. The van der Waals surface area contributed by atoms with Gasteiger partial charge in [0.2, 0.25) is 0 Å². The van der Waals surface area contributed by atoms with Gasteiger partial charge < -0.3 is 4.90 Å². The van der Waals surface area contributed by atoms with E-state index in [0.717, 1.165) is 5.69 Å². The standard InChI is InChI=1S/C43H41N/c1-28-7-17-37(18-8-28)44(39-21-24-42-34(27-39)11-10-33-14-22-41(33)42)38-19-12-32(13-20-38)40-23-16-36(26-31(40)4)43(5,6)35-15-9-29(2)30(3)25-35/h7-13,15-21,23-27H,14,22H2,1-6H3. The van der Waals surface area contributed by atoms with Crippen LogP contribution in [0, 0.1) is 27.7 Å². The van der Waals surface area contributed by atoms with Crippen molar-refractivity contribution in [2.24, 2.45) is 0 Å². The third-order valence-electron chi connectivity index (χ3n) is 10.0. The van der Waals surface area contributed by atoms with Gasteiger partial charge in [0.05, 0.1) is 0 Å². The van der Waals surface area contributed by atoms with E-state index in [4.69, 9.17) is 0 Å². The summed E-state index contributed by atoms with van der Waals surface area (Å²) in [6, 6.07) is 43.4. The van der Waals surface area contributed by atoms with Gasteiger partial charge >= 0.3 is 0 Å². The summed E-state index contributed by atoms with van der Waals surface area (Å²) < 4.78 is 0. The van der Waals surface area contributed by atoms with Gasteiger partial charge in [-0.25, -0.2) is 0 Å². The molecule has 1 heteroatoms. The molecule has 0 aliphatic heterocycles. The molecule has 0 N–H and O–H groups in total. The number of anilines is 3. The summed E-state index contributed by atoms with van der Waals surface area (Å²) in [6.45, 7) is 13.4. The molecule has 0 amide bonds. The number of hydrogen-bond donors (Lipinski definition) is 0.